The lowest BCUT2D eigenvalue weighted by atomic mass is 10.0. The van der Waals surface area contributed by atoms with Gasteiger partial charge >= 0.3 is 19.4 Å². The predicted octanol–water partition coefficient (Wildman–Crippen LogP) is 3.84. The van der Waals surface area contributed by atoms with Crippen LogP contribution in [0.1, 0.15) is 33.9 Å². The Labute approximate surface area is 248 Å². The van der Waals surface area contributed by atoms with Crippen molar-refractivity contribution < 1.29 is 33.0 Å². The fourth-order valence-corrected chi connectivity index (χ4v) is 6.41. The molecule has 4 rings (SSSR count). The van der Waals surface area contributed by atoms with Crippen molar-refractivity contribution in [3.63, 3.8) is 0 Å². The molecule has 3 N–H and O–H groups in total. The Kier molecular flexibility index (Phi) is 9.49. The largest absolute Gasteiger partial charge is 0.462 e. The van der Waals surface area contributed by atoms with Gasteiger partial charge in [-0.25, -0.2) is 9.36 Å². The molecule has 1 aliphatic rings. The van der Waals surface area contributed by atoms with Crippen LogP contribution in [0, 0.1) is 0 Å². The summed E-state index contributed by atoms with van der Waals surface area (Å²) in [6.07, 6.45) is -3.06. The van der Waals surface area contributed by atoms with Gasteiger partial charge in [0.2, 0.25) is 0 Å². The van der Waals surface area contributed by atoms with Gasteiger partial charge < -0.3 is 19.1 Å². The minimum atomic E-state index is -4.34. The lowest BCUT2D eigenvalue weighted by molar-refractivity contribution is -0.149. The number of esters is 1. The molecule has 1 saturated heterocycles. The van der Waals surface area contributed by atoms with Crippen molar-refractivity contribution in [3.05, 3.63) is 74.0 Å². The number of rotatable bonds is 10. The van der Waals surface area contributed by atoms with Gasteiger partial charge in [0.15, 0.2) is 6.23 Å². The van der Waals surface area contributed by atoms with Gasteiger partial charge in [-0.3, -0.25) is 23.7 Å². The molecule has 6 atom stereocenters. The van der Waals surface area contributed by atoms with E-state index in [1.807, 2.05) is 18.2 Å². The van der Waals surface area contributed by atoms with Gasteiger partial charge in [0, 0.05) is 11.6 Å². The normalized spacial score (nSPS) is 24.7. The van der Waals surface area contributed by atoms with E-state index in [9.17, 15) is 24.1 Å². The third-order valence-corrected chi connectivity index (χ3v) is 8.93. The van der Waals surface area contributed by atoms with Gasteiger partial charge in [-0.2, -0.15) is 5.09 Å². The number of H-pyrrole nitrogens is 1. The minimum absolute atomic E-state index is 0.0433. The van der Waals surface area contributed by atoms with Gasteiger partial charge in [0.1, 0.15) is 28.9 Å². The molecule has 0 amide bonds. The monoisotopic (exact) mass is 673 g/mol. The number of nitrogens with one attached hydrogen (secondary N) is 2. The summed E-state index contributed by atoms with van der Waals surface area (Å²) in [7, 11) is -4.34. The van der Waals surface area contributed by atoms with Gasteiger partial charge in [-0.15, -0.1) is 11.6 Å². The number of hydrogen-bond donors (Lipinski definition) is 3. The van der Waals surface area contributed by atoms with E-state index in [0.717, 1.165) is 9.95 Å². The average molecular weight is 675 g/mol. The van der Waals surface area contributed by atoms with Crippen molar-refractivity contribution in [2.24, 2.45) is 0 Å². The van der Waals surface area contributed by atoms with Crippen LogP contribution in [0.25, 0.3) is 10.8 Å². The first-order valence-corrected chi connectivity index (χ1v) is 15.4. The quantitative estimate of drug-likeness (QED) is 0.164. The molecule has 0 aliphatic carbocycles. The van der Waals surface area contributed by atoms with Crippen LogP contribution >= 0.6 is 35.3 Å². The molecule has 3 aromatic rings. The molecule has 2 heterocycles. The SMILES string of the molecule is CC(C)OC(=O)C(C)NP(=O)(OCC1OC(n2cc(Br)c(=O)[nH]c2=O)C(C)(Cl)C1O)Oc1cccc2ccccc12. The molecule has 1 fully saturated rings. The summed E-state index contributed by atoms with van der Waals surface area (Å²) in [6, 6.07) is 11.3. The smallest absolute Gasteiger partial charge is 0.459 e. The maximum absolute atomic E-state index is 14.1. The van der Waals surface area contributed by atoms with Crippen LogP contribution in [0.4, 0.5) is 0 Å². The summed E-state index contributed by atoms with van der Waals surface area (Å²) in [5, 5.41) is 15.1. The molecule has 41 heavy (non-hydrogen) atoms. The Bertz CT molecular complexity index is 1590. The highest BCUT2D eigenvalue weighted by Gasteiger charge is 2.54. The summed E-state index contributed by atoms with van der Waals surface area (Å²) in [6.45, 7) is 5.74. The first-order valence-electron chi connectivity index (χ1n) is 12.7. The van der Waals surface area contributed by atoms with Gasteiger partial charge in [-0.05, 0) is 55.1 Å². The molecule has 6 unspecified atom stereocenters. The third kappa shape index (κ3) is 6.94. The molecule has 0 bridgehead atoms. The number of nitrogens with zero attached hydrogens (tertiary/aromatic N) is 1. The maximum atomic E-state index is 14.1. The molecule has 2 aromatic carbocycles. The van der Waals surface area contributed by atoms with Crippen LogP contribution in [-0.4, -0.2) is 56.5 Å². The molecule has 1 aromatic heterocycles. The Morgan fingerprint density at radius 2 is 1.93 bits per heavy atom. The molecule has 0 saturated carbocycles. The number of carbonyl (C=O) groups is 1. The van der Waals surface area contributed by atoms with E-state index >= 15 is 0 Å². The van der Waals surface area contributed by atoms with Crippen LogP contribution in [-0.2, 0) is 23.4 Å². The highest BCUT2D eigenvalue weighted by atomic mass is 79.9. The summed E-state index contributed by atoms with van der Waals surface area (Å²) in [4.78, 5) is 37.4. The fraction of sp³-hybridized carbons (Fsp3) is 0.423. The topological polar surface area (TPSA) is 158 Å². The Morgan fingerprint density at radius 1 is 1.24 bits per heavy atom. The second kappa shape index (κ2) is 12.4. The maximum Gasteiger partial charge on any atom is 0.459 e. The van der Waals surface area contributed by atoms with Crippen LogP contribution in [0.2, 0.25) is 0 Å². The van der Waals surface area contributed by atoms with Crippen molar-refractivity contribution in [2.45, 2.75) is 63.2 Å². The van der Waals surface area contributed by atoms with E-state index in [4.69, 9.17) is 30.1 Å². The summed E-state index contributed by atoms with van der Waals surface area (Å²) in [5.74, 6) is -0.458. The molecule has 1 aliphatic heterocycles. The number of fused-ring (bicyclic) bond motifs is 1. The average Bonchev–Trinajstić information content (AvgIpc) is 3.13. The second-order valence-electron chi connectivity index (χ2n) is 9.96. The van der Waals surface area contributed by atoms with E-state index in [-0.39, 0.29) is 10.2 Å². The van der Waals surface area contributed by atoms with Crippen molar-refractivity contribution in [3.8, 4) is 5.75 Å². The number of aliphatic hydroxyl groups excluding tert-OH is 1. The molecular formula is C26H30BrClN3O9P. The van der Waals surface area contributed by atoms with Crippen molar-refractivity contribution >= 4 is 52.0 Å². The summed E-state index contributed by atoms with van der Waals surface area (Å²) in [5.41, 5.74) is -1.46. The van der Waals surface area contributed by atoms with Crippen LogP contribution < -0.4 is 20.9 Å². The zero-order chi connectivity index (χ0) is 30.1. The van der Waals surface area contributed by atoms with Crippen molar-refractivity contribution in [2.75, 3.05) is 6.61 Å². The predicted molar refractivity (Wildman–Crippen MR) is 155 cm³/mol. The zero-order valence-electron chi connectivity index (χ0n) is 22.6. The van der Waals surface area contributed by atoms with Gasteiger partial charge in [-0.1, -0.05) is 36.4 Å². The van der Waals surface area contributed by atoms with Gasteiger partial charge in [0.05, 0.1) is 17.2 Å². The molecular weight excluding hydrogens is 645 g/mol. The highest BCUT2D eigenvalue weighted by molar-refractivity contribution is 9.10. The number of benzene rings is 2. The molecule has 12 nitrogen and oxygen atoms in total. The van der Waals surface area contributed by atoms with E-state index in [1.165, 1.54) is 20.0 Å². The van der Waals surface area contributed by atoms with E-state index in [2.05, 4.69) is 26.0 Å². The standard InChI is InChI=1S/C26H30BrClN3O9P/c1-14(2)38-23(34)15(3)30-41(36,40-19-11-7-9-16-8-5-6-10-17(16)19)37-13-20-21(32)26(4,28)24(39-20)31-12-18(27)22(33)29-25(31)35/h5-12,14-15,20-21,24,32H,13H2,1-4H3,(H,30,36)(H,29,33,35). The van der Waals surface area contributed by atoms with Crippen LogP contribution in [0.3, 0.4) is 0 Å². The highest BCUT2D eigenvalue weighted by Crippen LogP contribution is 2.49. The van der Waals surface area contributed by atoms with Crippen LogP contribution in [0.5, 0.6) is 5.75 Å². The number of alkyl halides is 1. The molecule has 15 heteroatoms. The third-order valence-electron chi connectivity index (χ3n) is 6.33. The molecule has 0 spiro atoms. The zero-order valence-corrected chi connectivity index (χ0v) is 25.8. The Balaban J connectivity index is 1.61. The number of carbonyl (C=O) groups excluding carboxylic acids is 1. The number of aromatic amines is 1. The van der Waals surface area contributed by atoms with Crippen LogP contribution in [0.15, 0.2) is 62.7 Å². The summed E-state index contributed by atoms with van der Waals surface area (Å²) < 4.78 is 37.9. The van der Waals surface area contributed by atoms with Gasteiger partial charge in [0.25, 0.3) is 5.56 Å². The second-order valence-corrected chi connectivity index (χ2v) is 13.3. The minimum Gasteiger partial charge on any atom is -0.462 e. The number of aliphatic hydroxyl groups is 1. The number of halogens is 2. The lowest BCUT2D eigenvalue weighted by Crippen LogP contribution is -2.43. The first-order chi connectivity index (χ1) is 19.2. The van der Waals surface area contributed by atoms with E-state index in [1.54, 1.807) is 38.1 Å². The van der Waals surface area contributed by atoms with E-state index in [0.29, 0.717) is 5.39 Å². The fourth-order valence-electron chi connectivity index (χ4n) is 4.28. The first kappa shape index (κ1) is 31.4. The molecule has 0 radical (unpaired) electrons. The van der Waals surface area contributed by atoms with Crippen molar-refractivity contribution in [1.82, 2.24) is 14.6 Å². The Morgan fingerprint density at radius 3 is 2.63 bits per heavy atom. The number of aromatic nitrogens is 2. The van der Waals surface area contributed by atoms with E-state index < -0.39 is 67.0 Å². The summed E-state index contributed by atoms with van der Waals surface area (Å²) >= 11 is 9.68. The number of hydrogen-bond acceptors (Lipinski definition) is 9. The molecule has 222 valence electrons. The van der Waals surface area contributed by atoms with Crippen molar-refractivity contribution in [1.29, 1.82) is 0 Å². The lowest BCUT2D eigenvalue weighted by Gasteiger charge is -2.27. The Hall–Kier alpha value is -2.51. The number of ether oxygens (including phenoxy) is 2.